The summed E-state index contributed by atoms with van der Waals surface area (Å²) in [4.78, 5) is 10.8. The molecule has 0 aliphatic heterocycles. The quantitative estimate of drug-likeness (QED) is 0.870. The lowest BCUT2D eigenvalue weighted by atomic mass is 9.98. The largest absolute Gasteiger partial charge is 0.478 e. The molecule has 84 valence electrons. The van der Waals surface area contributed by atoms with E-state index in [1.54, 1.807) is 6.07 Å². The van der Waals surface area contributed by atoms with Gasteiger partial charge in [0.1, 0.15) is 6.07 Å². The van der Waals surface area contributed by atoms with Gasteiger partial charge in [-0.3, -0.25) is 0 Å². The van der Waals surface area contributed by atoms with Crippen LogP contribution in [-0.4, -0.2) is 11.1 Å². The van der Waals surface area contributed by atoms with Crippen LogP contribution in [-0.2, 0) is 5.33 Å². The van der Waals surface area contributed by atoms with E-state index in [2.05, 4.69) is 15.9 Å². The highest BCUT2D eigenvalue weighted by Crippen LogP contribution is 2.29. The molecule has 0 aromatic heterocycles. The number of nitrogens with zero attached hydrogens (tertiary/aromatic N) is 1. The number of rotatable bonds is 3. The van der Waals surface area contributed by atoms with Crippen LogP contribution in [0.15, 0.2) is 12.1 Å². The maximum Gasteiger partial charge on any atom is 0.337 e. The van der Waals surface area contributed by atoms with Crippen molar-refractivity contribution in [3.63, 3.8) is 0 Å². The Morgan fingerprint density at radius 3 is 2.56 bits per heavy atom. The van der Waals surface area contributed by atoms with Crippen LogP contribution in [0.2, 0.25) is 0 Å². The van der Waals surface area contributed by atoms with E-state index in [1.165, 1.54) is 0 Å². The van der Waals surface area contributed by atoms with Crippen LogP contribution in [0, 0.1) is 11.3 Å². The summed E-state index contributed by atoms with van der Waals surface area (Å²) < 4.78 is 25.2. The summed E-state index contributed by atoms with van der Waals surface area (Å²) in [6.07, 6.45) is -2.73. The van der Waals surface area contributed by atoms with Crippen LogP contribution >= 0.6 is 15.9 Å². The minimum Gasteiger partial charge on any atom is -0.478 e. The number of alkyl halides is 3. The summed E-state index contributed by atoms with van der Waals surface area (Å²) in [6.45, 7) is 0. The van der Waals surface area contributed by atoms with E-state index in [-0.39, 0.29) is 27.6 Å². The number of carboxylic acid groups (broad SMARTS) is 1. The van der Waals surface area contributed by atoms with Gasteiger partial charge in [-0.25, -0.2) is 13.6 Å². The molecule has 0 fully saturated rings. The first-order valence-electron chi connectivity index (χ1n) is 4.16. The second-order valence-corrected chi connectivity index (χ2v) is 3.47. The summed E-state index contributed by atoms with van der Waals surface area (Å²) >= 11 is 2.97. The third-order valence-corrected chi connectivity index (χ3v) is 2.62. The molecule has 16 heavy (non-hydrogen) atoms. The van der Waals surface area contributed by atoms with Gasteiger partial charge in [0.2, 0.25) is 0 Å². The number of carbonyl (C=O) groups is 1. The molecular formula is C10H6BrF2NO2. The van der Waals surface area contributed by atoms with Gasteiger partial charge < -0.3 is 5.11 Å². The SMILES string of the molecule is N#Cc1c(C(=O)O)ccc(C(F)F)c1CBr. The van der Waals surface area contributed by atoms with Gasteiger partial charge in [-0.2, -0.15) is 5.26 Å². The number of benzene rings is 1. The third-order valence-electron chi connectivity index (χ3n) is 2.06. The Kier molecular flexibility index (Phi) is 3.96. The van der Waals surface area contributed by atoms with Crippen molar-refractivity contribution in [3.05, 3.63) is 34.4 Å². The van der Waals surface area contributed by atoms with Crippen molar-refractivity contribution in [3.8, 4) is 6.07 Å². The van der Waals surface area contributed by atoms with Gasteiger partial charge in [0.15, 0.2) is 0 Å². The fourth-order valence-corrected chi connectivity index (χ4v) is 1.92. The zero-order valence-electron chi connectivity index (χ0n) is 7.88. The van der Waals surface area contributed by atoms with Gasteiger partial charge in [-0.05, 0) is 11.6 Å². The summed E-state index contributed by atoms with van der Waals surface area (Å²) in [5, 5.41) is 17.6. The van der Waals surface area contributed by atoms with Crippen molar-refractivity contribution in [2.24, 2.45) is 0 Å². The standard InChI is InChI=1S/C10H6BrF2NO2/c11-3-7-5(9(12)13)1-2-6(10(15)16)8(7)4-14/h1-2,9H,3H2,(H,15,16). The Labute approximate surface area is 98.4 Å². The van der Waals surface area contributed by atoms with Crippen LogP contribution in [0.1, 0.15) is 33.5 Å². The molecule has 6 heteroatoms. The first-order chi connectivity index (χ1) is 7.52. The zero-order valence-corrected chi connectivity index (χ0v) is 9.46. The monoisotopic (exact) mass is 289 g/mol. The molecule has 0 heterocycles. The maximum absolute atomic E-state index is 12.6. The topological polar surface area (TPSA) is 61.1 Å². The van der Waals surface area contributed by atoms with Crippen molar-refractivity contribution in [1.82, 2.24) is 0 Å². The zero-order chi connectivity index (χ0) is 12.3. The predicted octanol–water partition coefficient (Wildman–Crippen LogP) is 3.09. The highest BCUT2D eigenvalue weighted by Gasteiger charge is 2.20. The molecule has 0 saturated heterocycles. The second-order valence-electron chi connectivity index (χ2n) is 2.91. The molecule has 0 saturated carbocycles. The number of halogens is 3. The third kappa shape index (κ3) is 2.19. The Bertz CT molecular complexity index is 469. The van der Waals surface area contributed by atoms with Gasteiger partial charge in [-0.15, -0.1) is 0 Å². The lowest BCUT2D eigenvalue weighted by Crippen LogP contribution is -2.06. The Balaban J connectivity index is 3.54. The smallest absolute Gasteiger partial charge is 0.337 e. The number of hydrogen-bond donors (Lipinski definition) is 1. The van der Waals surface area contributed by atoms with E-state index in [9.17, 15) is 13.6 Å². The molecule has 3 nitrogen and oxygen atoms in total. The lowest BCUT2D eigenvalue weighted by molar-refractivity contribution is 0.0696. The first-order valence-corrected chi connectivity index (χ1v) is 5.28. The van der Waals surface area contributed by atoms with Crippen LogP contribution < -0.4 is 0 Å². The van der Waals surface area contributed by atoms with E-state index in [1.807, 2.05) is 0 Å². The normalized spacial score (nSPS) is 10.2. The first kappa shape index (κ1) is 12.6. The van der Waals surface area contributed by atoms with E-state index in [0.29, 0.717) is 0 Å². The van der Waals surface area contributed by atoms with E-state index >= 15 is 0 Å². The van der Waals surface area contributed by atoms with Crippen molar-refractivity contribution < 1.29 is 18.7 Å². The summed E-state index contributed by atoms with van der Waals surface area (Å²) in [5.41, 5.74) is -0.778. The molecule has 0 bridgehead atoms. The second kappa shape index (κ2) is 5.03. The predicted molar refractivity (Wildman–Crippen MR) is 55.7 cm³/mol. The average Bonchev–Trinajstić information content (AvgIpc) is 2.26. The van der Waals surface area contributed by atoms with Gasteiger partial charge >= 0.3 is 5.97 Å². The minimum atomic E-state index is -2.73. The van der Waals surface area contributed by atoms with E-state index in [0.717, 1.165) is 12.1 Å². The van der Waals surface area contributed by atoms with E-state index < -0.39 is 12.4 Å². The van der Waals surface area contributed by atoms with Gasteiger partial charge in [0, 0.05) is 10.9 Å². The summed E-state index contributed by atoms with van der Waals surface area (Å²) in [7, 11) is 0. The van der Waals surface area contributed by atoms with Gasteiger partial charge in [0.25, 0.3) is 6.43 Å². The Morgan fingerprint density at radius 2 is 2.19 bits per heavy atom. The van der Waals surface area contributed by atoms with Crippen LogP contribution in [0.25, 0.3) is 0 Å². The number of nitriles is 1. The molecular weight excluding hydrogens is 284 g/mol. The Morgan fingerprint density at radius 1 is 1.56 bits per heavy atom. The number of hydrogen-bond acceptors (Lipinski definition) is 2. The molecule has 0 radical (unpaired) electrons. The number of carboxylic acids is 1. The van der Waals surface area contributed by atoms with Gasteiger partial charge in [-0.1, -0.05) is 22.0 Å². The van der Waals surface area contributed by atoms with Crippen molar-refractivity contribution in [2.45, 2.75) is 11.8 Å². The van der Waals surface area contributed by atoms with Crippen molar-refractivity contribution in [2.75, 3.05) is 0 Å². The van der Waals surface area contributed by atoms with Crippen LogP contribution in [0.5, 0.6) is 0 Å². The minimum absolute atomic E-state index is 0.0106. The fourth-order valence-electron chi connectivity index (χ4n) is 1.32. The van der Waals surface area contributed by atoms with Crippen molar-refractivity contribution >= 4 is 21.9 Å². The Hall–Kier alpha value is -1.48. The van der Waals surface area contributed by atoms with Gasteiger partial charge in [0.05, 0.1) is 11.1 Å². The molecule has 1 N–H and O–H groups in total. The molecule has 1 aromatic carbocycles. The number of aromatic carboxylic acids is 1. The molecule has 0 spiro atoms. The lowest BCUT2D eigenvalue weighted by Gasteiger charge is -2.10. The maximum atomic E-state index is 12.6. The highest BCUT2D eigenvalue weighted by molar-refractivity contribution is 9.08. The summed E-state index contributed by atoms with van der Waals surface area (Å²) in [6, 6.07) is 3.70. The molecule has 1 rings (SSSR count). The highest BCUT2D eigenvalue weighted by atomic mass is 79.9. The summed E-state index contributed by atoms with van der Waals surface area (Å²) in [5.74, 6) is -1.31. The average molecular weight is 290 g/mol. The molecule has 0 aliphatic rings. The molecule has 0 unspecified atom stereocenters. The molecule has 1 aromatic rings. The fraction of sp³-hybridized carbons (Fsp3) is 0.200. The molecule has 0 aliphatic carbocycles. The van der Waals surface area contributed by atoms with Crippen LogP contribution in [0.3, 0.4) is 0 Å². The van der Waals surface area contributed by atoms with E-state index in [4.69, 9.17) is 10.4 Å². The molecule has 0 amide bonds. The molecule has 0 atom stereocenters. The van der Waals surface area contributed by atoms with Crippen LogP contribution in [0.4, 0.5) is 8.78 Å². The van der Waals surface area contributed by atoms with Crippen molar-refractivity contribution in [1.29, 1.82) is 5.26 Å².